The van der Waals surface area contributed by atoms with Crippen molar-refractivity contribution >= 4 is 29.9 Å². The minimum atomic E-state index is 0. The van der Waals surface area contributed by atoms with Crippen molar-refractivity contribution in [1.82, 2.24) is 20.0 Å². The number of hydrogen-bond acceptors (Lipinski definition) is 4. The molecule has 28 heavy (non-hydrogen) atoms. The monoisotopic (exact) mass is 503 g/mol. The molecule has 1 aromatic rings. The Hall–Kier alpha value is -1.06. The number of ether oxygens (including phenoxy) is 1. The molecule has 1 fully saturated rings. The van der Waals surface area contributed by atoms with Crippen LogP contribution in [0.2, 0.25) is 0 Å². The largest absolute Gasteiger partial charge is 0.494 e. The maximum atomic E-state index is 5.51. The summed E-state index contributed by atoms with van der Waals surface area (Å²) in [4.78, 5) is 11.6. The van der Waals surface area contributed by atoms with Crippen LogP contribution < -0.4 is 10.1 Å². The number of guanidine groups is 1. The molecule has 1 aromatic carbocycles. The molecule has 0 radical (unpaired) electrons. The molecule has 2 rings (SSSR count). The minimum absolute atomic E-state index is 0. The third-order valence-electron chi connectivity index (χ3n) is 5.00. The smallest absolute Gasteiger partial charge is 0.193 e. The summed E-state index contributed by atoms with van der Waals surface area (Å²) in [6, 6.07) is 8.29. The molecule has 7 heteroatoms. The Morgan fingerprint density at radius 1 is 1.21 bits per heavy atom. The molecule has 1 aliphatic rings. The van der Waals surface area contributed by atoms with Crippen LogP contribution >= 0.6 is 24.0 Å². The summed E-state index contributed by atoms with van der Waals surface area (Å²) in [6.45, 7) is 12.6. The van der Waals surface area contributed by atoms with Gasteiger partial charge in [0.25, 0.3) is 0 Å². The number of aliphatic imine (C=N–C) groups is 1. The molecule has 0 amide bonds. The van der Waals surface area contributed by atoms with Crippen LogP contribution in [0.15, 0.2) is 29.3 Å². The standard InChI is InChI=1S/C21H37N5O.HI/c1-6-27-20-9-7-19(8-10-20)17-25(5)21(22-3)23-15-18(2)16-26-13-11-24(4)12-14-26;/h7-10,18H,6,11-17H2,1-5H3,(H,22,23);1H. The number of halogens is 1. The third kappa shape index (κ3) is 8.53. The van der Waals surface area contributed by atoms with Crippen LogP contribution in [0, 0.1) is 5.92 Å². The zero-order valence-electron chi connectivity index (χ0n) is 18.1. The highest BCUT2D eigenvalue weighted by Crippen LogP contribution is 2.13. The van der Waals surface area contributed by atoms with Crippen molar-refractivity contribution in [3.63, 3.8) is 0 Å². The summed E-state index contributed by atoms with van der Waals surface area (Å²) >= 11 is 0. The fourth-order valence-corrected chi connectivity index (χ4v) is 3.39. The van der Waals surface area contributed by atoms with E-state index in [-0.39, 0.29) is 24.0 Å². The van der Waals surface area contributed by atoms with E-state index < -0.39 is 0 Å². The van der Waals surface area contributed by atoms with Gasteiger partial charge in [0, 0.05) is 59.9 Å². The van der Waals surface area contributed by atoms with Gasteiger partial charge in [-0.25, -0.2) is 0 Å². The maximum absolute atomic E-state index is 5.51. The van der Waals surface area contributed by atoms with Crippen LogP contribution in [0.1, 0.15) is 19.4 Å². The van der Waals surface area contributed by atoms with E-state index in [0.29, 0.717) is 12.5 Å². The number of piperazine rings is 1. The van der Waals surface area contributed by atoms with Gasteiger partial charge in [-0.1, -0.05) is 19.1 Å². The summed E-state index contributed by atoms with van der Waals surface area (Å²) in [5.74, 6) is 2.45. The minimum Gasteiger partial charge on any atom is -0.494 e. The van der Waals surface area contributed by atoms with Crippen molar-refractivity contribution in [3.8, 4) is 5.75 Å². The first-order valence-electron chi connectivity index (χ1n) is 10.1. The predicted octanol–water partition coefficient (Wildman–Crippen LogP) is 2.59. The van der Waals surface area contributed by atoms with Crippen molar-refractivity contribution in [3.05, 3.63) is 29.8 Å². The number of rotatable bonds is 8. The summed E-state index contributed by atoms with van der Waals surface area (Å²) in [5, 5.41) is 3.53. The van der Waals surface area contributed by atoms with E-state index in [1.165, 1.54) is 31.7 Å². The molecule has 1 unspecified atom stereocenters. The van der Waals surface area contributed by atoms with Gasteiger partial charge in [-0.2, -0.15) is 0 Å². The molecule has 1 saturated heterocycles. The van der Waals surface area contributed by atoms with E-state index in [1.54, 1.807) is 0 Å². The Balaban J connectivity index is 0.00000392. The zero-order chi connectivity index (χ0) is 19.6. The highest BCUT2D eigenvalue weighted by atomic mass is 127. The van der Waals surface area contributed by atoms with Gasteiger partial charge in [-0.15, -0.1) is 24.0 Å². The van der Waals surface area contributed by atoms with Crippen molar-refractivity contribution in [2.45, 2.75) is 20.4 Å². The highest BCUT2D eigenvalue weighted by molar-refractivity contribution is 14.0. The van der Waals surface area contributed by atoms with Gasteiger partial charge in [0.1, 0.15) is 5.75 Å². The lowest BCUT2D eigenvalue weighted by atomic mass is 10.1. The molecule has 160 valence electrons. The first kappa shape index (κ1) is 25.0. The Labute approximate surface area is 188 Å². The van der Waals surface area contributed by atoms with Crippen LogP contribution in [-0.4, -0.2) is 87.7 Å². The SMILES string of the molecule is CCOc1ccc(CN(C)C(=NC)NCC(C)CN2CCN(C)CC2)cc1.I. The first-order chi connectivity index (χ1) is 13.0. The van der Waals surface area contributed by atoms with E-state index in [2.05, 4.69) is 58.2 Å². The van der Waals surface area contributed by atoms with Crippen LogP contribution in [-0.2, 0) is 6.54 Å². The highest BCUT2D eigenvalue weighted by Gasteiger charge is 2.16. The van der Waals surface area contributed by atoms with Crippen molar-refractivity contribution in [1.29, 1.82) is 0 Å². The van der Waals surface area contributed by atoms with Crippen LogP contribution in [0.25, 0.3) is 0 Å². The lowest BCUT2D eigenvalue weighted by Gasteiger charge is -2.34. The number of nitrogens with one attached hydrogen (secondary N) is 1. The third-order valence-corrected chi connectivity index (χ3v) is 5.00. The molecule has 0 spiro atoms. The zero-order valence-corrected chi connectivity index (χ0v) is 20.5. The van der Waals surface area contributed by atoms with Gasteiger partial charge in [0.05, 0.1) is 6.61 Å². The average molecular weight is 503 g/mol. The number of benzene rings is 1. The summed E-state index contributed by atoms with van der Waals surface area (Å²) in [5.41, 5.74) is 1.24. The van der Waals surface area contributed by atoms with E-state index in [0.717, 1.165) is 31.3 Å². The Bertz CT molecular complexity index is 573. The second-order valence-electron chi connectivity index (χ2n) is 7.57. The van der Waals surface area contributed by atoms with E-state index in [4.69, 9.17) is 4.74 Å². The predicted molar refractivity (Wildman–Crippen MR) is 129 cm³/mol. The number of likely N-dealkylation sites (N-methyl/N-ethyl adjacent to an activating group) is 1. The topological polar surface area (TPSA) is 43.3 Å². The maximum Gasteiger partial charge on any atom is 0.193 e. The second kappa shape index (κ2) is 13.2. The van der Waals surface area contributed by atoms with Gasteiger partial charge >= 0.3 is 0 Å². The van der Waals surface area contributed by atoms with Crippen molar-refractivity contribution in [2.75, 3.05) is 67.0 Å². The number of nitrogens with zero attached hydrogens (tertiary/aromatic N) is 4. The summed E-state index contributed by atoms with van der Waals surface area (Å²) < 4.78 is 5.51. The van der Waals surface area contributed by atoms with Gasteiger partial charge < -0.3 is 24.8 Å². The molecular weight excluding hydrogens is 465 g/mol. The molecule has 1 N–H and O–H groups in total. The van der Waals surface area contributed by atoms with Gasteiger partial charge in [0.15, 0.2) is 5.96 Å². The van der Waals surface area contributed by atoms with E-state index in [9.17, 15) is 0 Å². The molecule has 0 saturated carbocycles. The van der Waals surface area contributed by atoms with Crippen molar-refractivity contribution in [2.24, 2.45) is 10.9 Å². The fourth-order valence-electron chi connectivity index (χ4n) is 3.39. The van der Waals surface area contributed by atoms with Gasteiger partial charge in [-0.3, -0.25) is 4.99 Å². The molecular formula is C21H38IN5O. The van der Waals surface area contributed by atoms with Gasteiger partial charge in [0.2, 0.25) is 0 Å². The normalized spacial score (nSPS) is 17.0. The van der Waals surface area contributed by atoms with Crippen molar-refractivity contribution < 1.29 is 4.74 Å². The lowest BCUT2D eigenvalue weighted by molar-refractivity contribution is 0.139. The van der Waals surface area contributed by atoms with Crippen LogP contribution in [0.3, 0.4) is 0 Å². The fraction of sp³-hybridized carbons (Fsp3) is 0.667. The number of hydrogen-bond donors (Lipinski definition) is 1. The molecule has 0 aromatic heterocycles. The molecule has 1 aliphatic heterocycles. The Morgan fingerprint density at radius 3 is 2.43 bits per heavy atom. The molecule has 6 nitrogen and oxygen atoms in total. The van der Waals surface area contributed by atoms with Crippen LogP contribution in [0.4, 0.5) is 0 Å². The molecule has 0 aliphatic carbocycles. The molecule has 0 bridgehead atoms. The average Bonchev–Trinajstić information content (AvgIpc) is 2.66. The van der Waals surface area contributed by atoms with E-state index >= 15 is 0 Å². The first-order valence-corrected chi connectivity index (χ1v) is 10.1. The molecule has 1 atom stereocenters. The van der Waals surface area contributed by atoms with Crippen LogP contribution in [0.5, 0.6) is 5.75 Å². The molecule has 1 heterocycles. The van der Waals surface area contributed by atoms with E-state index in [1.807, 2.05) is 26.1 Å². The lowest BCUT2D eigenvalue weighted by Crippen LogP contribution is -2.47. The Kier molecular flexibility index (Phi) is 11.8. The summed E-state index contributed by atoms with van der Waals surface area (Å²) in [7, 11) is 6.13. The Morgan fingerprint density at radius 2 is 1.86 bits per heavy atom. The van der Waals surface area contributed by atoms with Gasteiger partial charge in [-0.05, 0) is 37.6 Å². The second-order valence-corrected chi connectivity index (χ2v) is 7.57. The summed E-state index contributed by atoms with van der Waals surface area (Å²) in [6.07, 6.45) is 0. The quantitative estimate of drug-likeness (QED) is 0.336.